The van der Waals surface area contributed by atoms with E-state index in [-0.39, 0.29) is 18.9 Å². The van der Waals surface area contributed by atoms with Gasteiger partial charge in [0.1, 0.15) is 17.9 Å². The fourth-order valence-corrected chi connectivity index (χ4v) is 3.06. The lowest BCUT2D eigenvalue weighted by molar-refractivity contribution is -0.139. The third kappa shape index (κ3) is 11.2. The van der Waals surface area contributed by atoms with Crippen LogP contribution in [0.3, 0.4) is 0 Å². The predicted molar refractivity (Wildman–Crippen MR) is 132 cm³/mol. The van der Waals surface area contributed by atoms with Gasteiger partial charge < -0.3 is 19.5 Å². The summed E-state index contributed by atoms with van der Waals surface area (Å²) in [6.07, 6.45) is 1.07. The highest BCUT2D eigenvalue weighted by Gasteiger charge is 2.22. The van der Waals surface area contributed by atoms with E-state index in [2.05, 4.69) is 10.6 Å². The lowest BCUT2D eigenvalue weighted by atomic mass is 10.0. The third-order valence-electron chi connectivity index (χ3n) is 4.60. The number of hydrogen-bond donors (Lipinski definition) is 2. The molecule has 0 heterocycles. The molecular weight excluding hydrogens is 448 g/mol. The Hall–Kier alpha value is -3.81. The van der Waals surface area contributed by atoms with E-state index in [0.717, 1.165) is 11.1 Å². The minimum atomic E-state index is -0.801. The maximum absolute atomic E-state index is 12.5. The van der Waals surface area contributed by atoms with Crippen molar-refractivity contribution in [2.75, 3.05) is 6.61 Å². The molecule has 1 atom stereocenters. The number of carbonyl (C=O) groups is 3. The summed E-state index contributed by atoms with van der Waals surface area (Å²) in [5, 5.41) is 5.22. The molecule has 8 nitrogen and oxygen atoms in total. The molecule has 0 saturated heterocycles. The van der Waals surface area contributed by atoms with Gasteiger partial charge in [-0.05, 0) is 57.7 Å². The van der Waals surface area contributed by atoms with Crippen molar-refractivity contribution < 1.29 is 28.6 Å². The van der Waals surface area contributed by atoms with Crippen LogP contribution in [0, 0.1) is 0 Å². The first-order chi connectivity index (χ1) is 16.7. The monoisotopic (exact) mass is 482 g/mol. The van der Waals surface area contributed by atoms with Gasteiger partial charge in [0.15, 0.2) is 0 Å². The van der Waals surface area contributed by atoms with Gasteiger partial charge in [0.05, 0.1) is 12.6 Å². The van der Waals surface area contributed by atoms with Crippen molar-refractivity contribution in [3.8, 4) is 0 Å². The van der Waals surface area contributed by atoms with E-state index in [0.29, 0.717) is 12.8 Å². The van der Waals surface area contributed by atoms with E-state index in [1.54, 1.807) is 27.7 Å². The number of aryl methyl sites for hydroxylation is 1. The normalized spacial score (nSPS) is 12.3. The summed E-state index contributed by atoms with van der Waals surface area (Å²) in [5.41, 5.74) is 1.03. The van der Waals surface area contributed by atoms with Crippen LogP contribution in [0.15, 0.2) is 72.4 Å². The van der Waals surface area contributed by atoms with Crippen LogP contribution in [0.1, 0.15) is 45.2 Å². The zero-order chi connectivity index (χ0) is 25.7. The Bertz CT molecular complexity index is 984. The number of carbonyl (C=O) groups excluding carboxylic acids is 3. The second-order valence-electron chi connectivity index (χ2n) is 8.76. The average molecular weight is 483 g/mol. The summed E-state index contributed by atoms with van der Waals surface area (Å²) in [6, 6.07) is 18.4. The number of rotatable bonds is 10. The maximum atomic E-state index is 12.5. The Balaban J connectivity index is 2.18. The molecule has 35 heavy (non-hydrogen) atoms. The van der Waals surface area contributed by atoms with Crippen molar-refractivity contribution in [2.45, 2.75) is 58.8 Å². The average Bonchev–Trinajstić information content (AvgIpc) is 2.81. The third-order valence-corrected chi connectivity index (χ3v) is 4.60. The molecule has 8 heteroatoms. The number of benzene rings is 2. The summed E-state index contributed by atoms with van der Waals surface area (Å²) >= 11 is 0. The first-order valence-electron chi connectivity index (χ1n) is 11.6. The molecule has 2 amide bonds. The van der Waals surface area contributed by atoms with E-state index < -0.39 is 29.8 Å². The largest absolute Gasteiger partial charge is 0.461 e. The lowest BCUT2D eigenvalue weighted by Crippen LogP contribution is -2.38. The fraction of sp³-hybridized carbons (Fsp3) is 0.370. The molecule has 0 radical (unpaired) electrons. The smallest absolute Gasteiger partial charge is 0.412 e. The van der Waals surface area contributed by atoms with Crippen LogP contribution >= 0.6 is 0 Å². The molecule has 188 valence electrons. The van der Waals surface area contributed by atoms with E-state index in [1.807, 2.05) is 60.7 Å². The molecule has 0 aromatic heterocycles. The molecule has 1 unspecified atom stereocenters. The van der Waals surface area contributed by atoms with Crippen LogP contribution in [0.5, 0.6) is 0 Å². The molecule has 2 aromatic carbocycles. The van der Waals surface area contributed by atoms with Crippen LogP contribution in [0.4, 0.5) is 9.59 Å². The van der Waals surface area contributed by atoms with Gasteiger partial charge >= 0.3 is 18.2 Å². The van der Waals surface area contributed by atoms with Gasteiger partial charge in [-0.3, -0.25) is 5.32 Å². The molecule has 0 saturated carbocycles. The first kappa shape index (κ1) is 27.4. The Morgan fingerprint density at radius 3 is 2.06 bits per heavy atom. The van der Waals surface area contributed by atoms with Crippen molar-refractivity contribution >= 4 is 18.2 Å². The zero-order valence-corrected chi connectivity index (χ0v) is 20.7. The Morgan fingerprint density at radius 1 is 0.886 bits per heavy atom. The second-order valence-corrected chi connectivity index (χ2v) is 8.76. The van der Waals surface area contributed by atoms with E-state index >= 15 is 0 Å². The van der Waals surface area contributed by atoms with E-state index in [4.69, 9.17) is 14.2 Å². The number of ether oxygens (including phenoxy) is 3. The molecule has 2 aromatic rings. The number of alkyl carbamates (subject to hydrolysis) is 2. The van der Waals surface area contributed by atoms with Crippen LogP contribution in [-0.2, 0) is 32.0 Å². The number of hydrogen-bond acceptors (Lipinski definition) is 6. The topological polar surface area (TPSA) is 103 Å². The summed E-state index contributed by atoms with van der Waals surface area (Å²) in [6.45, 7) is 7.03. The molecule has 2 rings (SSSR count). The van der Waals surface area contributed by atoms with Gasteiger partial charge in [-0.1, -0.05) is 60.7 Å². The fourth-order valence-electron chi connectivity index (χ4n) is 3.06. The molecule has 0 fully saturated rings. The zero-order valence-electron chi connectivity index (χ0n) is 20.7. The van der Waals surface area contributed by atoms with Crippen molar-refractivity contribution in [3.63, 3.8) is 0 Å². The Kier molecular flexibility index (Phi) is 10.8. The van der Waals surface area contributed by atoms with Crippen LogP contribution in [-0.4, -0.2) is 36.4 Å². The van der Waals surface area contributed by atoms with E-state index in [9.17, 15) is 14.4 Å². The van der Waals surface area contributed by atoms with Crippen molar-refractivity contribution in [2.24, 2.45) is 0 Å². The predicted octanol–water partition coefficient (Wildman–Crippen LogP) is 4.89. The highest BCUT2D eigenvalue weighted by atomic mass is 16.6. The standard InChI is InChI=1S/C27H34N2O6/c1-5-33-24(30)23(29-26(32)35-27(2,3)4)18-22(17-16-20-12-8-6-9-13-20)28-25(31)34-19-21-14-10-7-11-15-21/h6-15,18,22H,5,16-17,19H2,1-4H3,(H,28,31)(H,29,32). The van der Waals surface area contributed by atoms with Crippen LogP contribution < -0.4 is 10.6 Å². The van der Waals surface area contributed by atoms with Gasteiger partial charge in [0.2, 0.25) is 0 Å². The molecule has 0 aliphatic heterocycles. The minimum Gasteiger partial charge on any atom is -0.461 e. The molecule has 0 aliphatic rings. The SMILES string of the molecule is CCOC(=O)C(=CC(CCc1ccccc1)NC(=O)OCc1ccccc1)NC(=O)OC(C)(C)C. The number of nitrogens with one attached hydrogen (secondary N) is 2. The van der Waals surface area contributed by atoms with Gasteiger partial charge in [0.25, 0.3) is 0 Å². The highest BCUT2D eigenvalue weighted by molar-refractivity contribution is 5.92. The number of amides is 2. The quantitative estimate of drug-likeness (QED) is 0.284. The van der Waals surface area contributed by atoms with Crippen molar-refractivity contribution in [3.05, 3.63) is 83.6 Å². The number of esters is 1. The molecular formula is C27H34N2O6. The van der Waals surface area contributed by atoms with Crippen molar-refractivity contribution in [1.82, 2.24) is 10.6 Å². The summed E-state index contributed by atoms with van der Waals surface area (Å²) in [4.78, 5) is 37.4. The maximum Gasteiger partial charge on any atom is 0.412 e. The van der Waals surface area contributed by atoms with E-state index in [1.165, 1.54) is 6.08 Å². The Labute approximate surface area is 206 Å². The lowest BCUT2D eigenvalue weighted by Gasteiger charge is -2.21. The summed E-state index contributed by atoms with van der Waals surface area (Å²) < 4.78 is 15.7. The van der Waals surface area contributed by atoms with Gasteiger partial charge in [-0.15, -0.1) is 0 Å². The molecule has 2 N–H and O–H groups in total. The highest BCUT2D eigenvalue weighted by Crippen LogP contribution is 2.11. The molecule has 0 spiro atoms. The van der Waals surface area contributed by atoms with Gasteiger partial charge in [-0.25, -0.2) is 14.4 Å². The van der Waals surface area contributed by atoms with Gasteiger partial charge in [-0.2, -0.15) is 0 Å². The Morgan fingerprint density at radius 2 is 1.49 bits per heavy atom. The van der Waals surface area contributed by atoms with Crippen LogP contribution in [0.25, 0.3) is 0 Å². The van der Waals surface area contributed by atoms with Gasteiger partial charge in [0, 0.05) is 0 Å². The molecule has 0 aliphatic carbocycles. The van der Waals surface area contributed by atoms with Crippen molar-refractivity contribution in [1.29, 1.82) is 0 Å². The van der Waals surface area contributed by atoms with Crippen LogP contribution in [0.2, 0.25) is 0 Å². The summed E-state index contributed by atoms with van der Waals surface area (Å²) in [7, 11) is 0. The summed E-state index contributed by atoms with van der Waals surface area (Å²) in [5.74, 6) is -0.734. The first-order valence-corrected chi connectivity index (χ1v) is 11.6. The molecule has 0 bridgehead atoms. The second kappa shape index (κ2) is 13.8. The minimum absolute atomic E-state index is 0.0999.